The van der Waals surface area contributed by atoms with Gasteiger partial charge in [0.25, 0.3) is 0 Å². The quantitative estimate of drug-likeness (QED) is 0.346. The van der Waals surface area contributed by atoms with Crippen LogP contribution in [-0.2, 0) is 11.2 Å². The van der Waals surface area contributed by atoms with Crippen LogP contribution >= 0.6 is 0 Å². The van der Waals surface area contributed by atoms with Crippen molar-refractivity contribution in [2.75, 3.05) is 0 Å². The SMILES string of the molecule is CCCc1cn2c(C(O)c3ccc(-c4ccccc4)c(C(=O)OC(C)(C)C)c3)ccc(C)c2n1. The van der Waals surface area contributed by atoms with Gasteiger partial charge in [0.1, 0.15) is 17.4 Å². The van der Waals surface area contributed by atoms with Gasteiger partial charge in [-0.15, -0.1) is 0 Å². The van der Waals surface area contributed by atoms with Crippen LogP contribution < -0.4 is 0 Å². The maximum Gasteiger partial charge on any atom is 0.339 e. The van der Waals surface area contributed by atoms with Gasteiger partial charge in [0.15, 0.2) is 0 Å². The summed E-state index contributed by atoms with van der Waals surface area (Å²) in [6.45, 7) is 9.69. The Morgan fingerprint density at radius 2 is 1.82 bits per heavy atom. The van der Waals surface area contributed by atoms with Crippen molar-refractivity contribution < 1.29 is 14.6 Å². The van der Waals surface area contributed by atoms with Crippen molar-refractivity contribution in [3.63, 3.8) is 0 Å². The number of rotatable bonds is 6. The summed E-state index contributed by atoms with van der Waals surface area (Å²) in [5, 5.41) is 11.4. The van der Waals surface area contributed by atoms with Crippen molar-refractivity contribution in [3.05, 3.63) is 94.9 Å². The highest BCUT2D eigenvalue weighted by molar-refractivity contribution is 5.97. The molecule has 5 nitrogen and oxygen atoms in total. The number of esters is 1. The maximum atomic E-state index is 13.2. The van der Waals surface area contributed by atoms with E-state index in [0.717, 1.165) is 40.9 Å². The van der Waals surface area contributed by atoms with Crippen LogP contribution in [-0.4, -0.2) is 26.1 Å². The summed E-state index contributed by atoms with van der Waals surface area (Å²) < 4.78 is 7.67. The summed E-state index contributed by atoms with van der Waals surface area (Å²) >= 11 is 0. The van der Waals surface area contributed by atoms with Gasteiger partial charge in [0, 0.05) is 6.20 Å². The number of benzene rings is 2. The molecule has 4 rings (SSSR count). The van der Waals surface area contributed by atoms with E-state index in [1.807, 2.05) is 92.9 Å². The van der Waals surface area contributed by atoms with Crippen LogP contribution in [0.1, 0.15) is 73.1 Å². The molecule has 0 spiro atoms. The Labute approximate surface area is 201 Å². The highest BCUT2D eigenvalue weighted by Gasteiger charge is 2.24. The Kier molecular flexibility index (Phi) is 6.58. The van der Waals surface area contributed by atoms with Gasteiger partial charge in [-0.1, -0.05) is 61.9 Å². The zero-order chi connectivity index (χ0) is 24.5. The van der Waals surface area contributed by atoms with Crippen molar-refractivity contribution in [2.24, 2.45) is 0 Å². The first kappa shape index (κ1) is 23.7. The Balaban J connectivity index is 1.81. The second kappa shape index (κ2) is 9.43. The zero-order valence-electron chi connectivity index (χ0n) is 20.5. The molecule has 0 fully saturated rings. The van der Waals surface area contributed by atoms with Crippen LogP contribution in [0.5, 0.6) is 0 Å². The molecule has 2 heterocycles. The predicted octanol–water partition coefficient (Wildman–Crippen LogP) is 6.30. The molecule has 176 valence electrons. The maximum absolute atomic E-state index is 13.2. The fourth-order valence-electron chi connectivity index (χ4n) is 4.14. The summed E-state index contributed by atoms with van der Waals surface area (Å²) in [7, 11) is 0. The summed E-state index contributed by atoms with van der Waals surface area (Å²) in [5.74, 6) is -0.415. The number of hydrogen-bond acceptors (Lipinski definition) is 4. The van der Waals surface area contributed by atoms with Crippen LogP contribution in [0.4, 0.5) is 0 Å². The monoisotopic (exact) mass is 456 g/mol. The molecule has 0 saturated heterocycles. The number of fused-ring (bicyclic) bond motifs is 1. The molecule has 5 heteroatoms. The number of nitrogens with zero attached hydrogens (tertiary/aromatic N) is 2. The average Bonchev–Trinajstić information content (AvgIpc) is 3.23. The molecular weight excluding hydrogens is 424 g/mol. The minimum atomic E-state index is -0.933. The Bertz CT molecular complexity index is 1320. The van der Waals surface area contributed by atoms with E-state index in [1.165, 1.54) is 0 Å². The van der Waals surface area contributed by atoms with E-state index >= 15 is 0 Å². The minimum absolute atomic E-state index is 0.415. The van der Waals surface area contributed by atoms with E-state index in [4.69, 9.17) is 9.72 Å². The summed E-state index contributed by atoms with van der Waals surface area (Å²) in [6, 6.07) is 19.1. The molecule has 4 aromatic rings. The molecule has 2 aromatic carbocycles. The molecule has 0 saturated carbocycles. The van der Waals surface area contributed by atoms with Crippen molar-refractivity contribution >= 4 is 11.6 Å². The number of imidazole rings is 1. The molecule has 1 N–H and O–H groups in total. The fraction of sp³-hybridized carbons (Fsp3) is 0.310. The topological polar surface area (TPSA) is 63.8 Å². The van der Waals surface area contributed by atoms with Gasteiger partial charge in [0.05, 0.1) is 17.0 Å². The third kappa shape index (κ3) is 4.90. The summed E-state index contributed by atoms with van der Waals surface area (Å²) in [4.78, 5) is 17.9. The molecule has 0 aliphatic rings. The van der Waals surface area contributed by atoms with Crippen LogP contribution in [0.15, 0.2) is 66.9 Å². The molecule has 0 aliphatic heterocycles. The van der Waals surface area contributed by atoms with E-state index in [-0.39, 0.29) is 0 Å². The second-order valence-electron chi connectivity index (χ2n) is 9.69. The van der Waals surface area contributed by atoms with E-state index < -0.39 is 17.7 Å². The highest BCUT2D eigenvalue weighted by atomic mass is 16.6. The lowest BCUT2D eigenvalue weighted by Gasteiger charge is -2.22. The van der Waals surface area contributed by atoms with E-state index in [0.29, 0.717) is 16.8 Å². The first-order valence-corrected chi connectivity index (χ1v) is 11.8. The minimum Gasteiger partial charge on any atom is -0.456 e. The van der Waals surface area contributed by atoms with Crippen LogP contribution in [0, 0.1) is 6.92 Å². The van der Waals surface area contributed by atoms with Gasteiger partial charge >= 0.3 is 5.97 Å². The first-order chi connectivity index (χ1) is 16.2. The molecule has 2 aromatic heterocycles. The Hall–Kier alpha value is -3.44. The standard InChI is InChI=1S/C29H32N2O3/c1-6-10-22-18-31-25(16-13-19(2)27(31)30-22)26(32)21-14-15-23(20-11-8-7-9-12-20)24(17-21)28(33)34-29(3,4)5/h7-9,11-18,26,32H,6,10H2,1-5H3. The molecule has 1 unspecified atom stereocenters. The number of aromatic nitrogens is 2. The largest absolute Gasteiger partial charge is 0.456 e. The Morgan fingerprint density at radius 1 is 1.09 bits per heavy atom. The third-order valence-corrected chi connectivity index (χ3v) is 5.74. The van der Waals surface area contributed by atoms with E-state index in [9.17, 15) is 9.90 Å². The molecule has 0 aliphatic carbocycles. The lowest BCUT2D eigenvalue weighted by molar-refractivity contribution is 0.00702. The van der Waals surface area contributed by atoms with Gasteiger partial charge in [-0.05, 0) is 68.5 Å². The summed E-state index contributed by atoms with van der Waals surface area (Å²) in [6.07, 6.45) is 2.95. The number of aliphatic hydroxyl groups excluding tert-OH is 1. The van der Waals surface area contributed by atoms with Gasteiger partial charge < -0.3 is 14.2 Å². The average molecular weight is 457 g/mol. The lowest BCUT2D eigenvalue weighted by Crippen LogP contribution is -2.24. The van der Waals surface area contributed by atoms with Gasteiger partial charge in [-0.2, -0.15) is 0 Å². The number of ether oxygens (including phenoxy) is 1. The molecule has 1 atom stereocenters. The molecule has 0 amide bonds. The third-order valence-electron chi connectivity index (χ3n) is 5.74. The number of carbonyl (C=O) groups excluding carboxylic acids is 1. The number of aryl methyl sites for hydroxylation is 2. The number of hydrogen-bond donors (Lipinski definition) is 1. The van der Waals surface area contributed by atoms with Crippen molar-refractivity contribution in [2.45, 2.75) is 59.2 Å². The zero-order valence-corrected chi connectivity index (χ0v) is 20.5. The second-order valence-corrected chi connectivity index (χ2v) is 9.69. The first-order valence-electron chi connectivity index (χ1n) is 11.8. The van der Waals surface area contributed by atoms with Crippen molar-refractivity contribution in [1.29, 1.82) is 0 Å². The number of pyridine rings is 1. The summed E-state index contributed by atoms with van der Waals surface area (Å²) in [5.41, 5.74) is 5.70. The van der Waals surface area contributed by atoms with Gasteiger partial charge in [-0.25, -0.2) is 9.78 Å². The number of carbonyl (C=O) groups is 1. The van der Waals surface area contributed by atoms with Crippen molar-refractivity contribution in [1.82, 2.24) is 9.38 Å². The predicted molar refractivity (Wildman–Crippen MR) is 135 cm³/mol. The van der Waals surface area contributed by atoms with Crippen molar-refractivity contribution in [3.8, 4) is 11.1 Å². The van der Waals surface area contributed by atoms with Crippen LogP contribution in [0.25, 0.3) is 16.8 Å². The Morgan fingerprint density at radius 3 is 2.50 bits per heavy atom. The van der Waals surface area contributed by atoms with E-state index in [2.05, 4.69) is 6.92 Å². The van der Waals surface area contributed by atoms with E-state index in [1.54, 1.807) is 6.07 Å². The van der Waals surface area contributed by atoms with Gasteiger partial charge in [0.2, 0.25) is 0 Å². The normalized spacial score (nSPS) is 12.6. The van der Waals surface area contributed by atoms with Crippen LogP contribution in [0.2, 0.25) is 0 Å². The molecule has 0 bridgehead atoms. The van der Waals surface area contributed by atoms with Gasteiger partial charge in [-0.3, -0.25) is 0 Å². The lowest BCUT2D eigenvalue weighted by atomic mass is 9.94. The number of aliphatic hydroxyl groups is 1. The smallest absolute Gasteiger partial charge is 0.339 e. The van der Waals surface area contributed by atoms with Crippen LogP contribution in [0.3, 0.4) is 0 Å². The molecule has 34 heavy (non-hydrogen) atoms. The fourth-order valence-corrected chi connectivity index (χ4v) is 4.14. The molecule has 0 radical (unpaired) electrons. The highest BCUT2D eigenvalue weighted by Crippen LogP contribution is 2.31. The molecular formula is C29H32N2O3.